The Balaban J connectivity index is 2.84. The Kier molecular flexibility index (Phi) is 5.87. The fourth-order valence-electron chi connectivity index (χ4n) is 1.51. The van der Waals surface area contributed by atoms with Crippen LogP contribution in [-0.4, -0.2) is 37.2 Å². The molecular formula is C13H17NO5S. The van der Waals surface area contributed by atoms with Crippen LogP contribution in [-0.2, 0) is 14.8 Å². The zero-order valence-electron chi connectivity index (χ0n) is 11.0. The third-order valence-electron chi connectivity index (χ3n) is 2.53. The molecule has 6 nitrogen and oxygen atoms in total. The van der Waals surface area contributed by atoms with Gasteiger partial charge in [0.2, 0.25) is 10.0 Å². The van der Waals surface area contributed by atoms with E-state index in [0.29, 0.717) is 12.0 Å². The van der Waals surface area contributed by atoms with E-state index in [1.165, 1.54) is 30.3 Å². The quantitative estimate of drug-likeness (QED) is 0.647. The molecule has 0 amide bonds. The molecule has 0 fully saturated rings. The predicted molar refractivity (Wildman–Crippen MR) is 74.6 cm³/mol. The molecule has 0 saturated heterocycles. The maximum atomic E-state index is 12.0. The van der Waals surface area contributed by atoms with Crippen LogP contribution in [0.1, 0.15) is 18.9 Å². The second kappa shape index (κ2) is 7.18. The van der Waals surface area contributed by atoms with Gasteiger partial charge in [-0.3, -0.25) is 0 Å². The Bertz CT molecular complexity index is 577. The van der Waals surface area contributed by atoms with Crippen molar-refractivity contribution in [3.05, 3.63) is 35.9 Å². The van der Waals surface area contributed by atoms with Crippen molar-refractivity contribution in [2.75, 3.05) is 6.61 Å². The average molecular weight is 299 g/mol. The molecule has 0 aliphatic carbocycles. The summed E-state index contributed by atoms with van der Waals surface area (Å²) in [4.78, 5) is 10.5. The second-order valence-corrected chi connectivity index (χ2v) is 5.99. The van der Waals surface area contributed by atoms with E-state index in [-0.39, 0.29) is 17.5 Å². The van der Waals surface area contributed by atoms with Gasteiger partial charge in [0.25, 0.3) is 0 Å². The summed E-state index contributed by atoms with van der Waals surface area (Å²) < 4.78 is 26.4. The zero-order chi connectivity index (χ0) is 15.2. The standard InChI is InChI=1S/C13H17NO5S/c1-10(8-9-15)14-20(18,19)12-5-2-11(3-6-12)4-7-13(16)17/h2-7,10,14-15H,8-9H2,1H3,(H,16,17)/b7-4+. The molecular weight excluding hydrogens is 282 g/mol. The number of aliphatic hydroxyl groups excluding tert-OH is 1. The molecule has 1 rings (SSSR count). The minimum atomic E-state index is -3.63. The van der Waals surface area contributed by atoms with Gasteiger partial charge in [-0.1, -0.05) is 12.1 Å². The summed E-state index contributed by atoms with van der Waals surface area (Å²) in [5.74, 6) is -1.07. The number of hydrogen-bond acceptors (Lipinski definition) is 4. The van der Waals surface area contributed by atoms with E-state index >= 15 is 0 Å². The van der Waals surface area contributed by atoms with E-state index in [4.69, 9.17) is 10.2 Å². The Morgan fingerprint density at radius 2 is 1.95 bits per heavy atom. The van der Waals surface area contributed by atoms with Crippen LogP contribution < -0.4 is 4.72 Å². The van der Waals surface area contributed by atoms with E-state index in [1.807, 2.05) is 0 Å². The van der Waals surface area contributed by atoms with Gasteiger partial charge in [0.05, 0.1) is 4.90 Å². The van der Waals surface area contributed by atoms with Crippen molar-refractivity contribution in [3.63, 3.8) is 0 Å². The van der Waals surface area contributed by atoms with Gasteiger partial charge in [-0.15, -0.1) is 0 Å². The number of aliphatic hydroxyl groups is 1. The first kappa shape index (κ1) is 16.4. The molecule has 3 N–H and O–H groups in total. The van der Waals surface area contributed by atoms with Crippen molar-refractivity contribution < 1.29 is 23.4 Å². The number of sulfonamides is 1. The van der Waals surface area contributed by atoms with Crippen LogP contribution in [0, 0.1) is 0 Å². The van der Waals surface area contributed by atoms with Crippen molar-refractivity contribution in [1.29, 1.82) is 0 Å². The maximum absolute atomic E-state index is 12.0. The van der Waals surface area contributed by atoms with Gasteiger partial charge >= 0.3 is 5.97 Å². The number of carboxylic acids is 1. The molecule has 0 bridgehead atoms. The van der Waals surface area contributed by atoms with Crippen molar-refractivity contribution in [3.8, 4) is 0 Å². The van der Waals surface area contributed by atoms with Crippen LogP contribution in [0.3, 0.4) is 0 Å². The van der Waals surface area contributed by atoms with E-state index < -0.39 is 16.0 Å². The number of rotatable bonds is 7. The molecule has 1 aromatic carbocycles. The van der Waals surface area contributed by atoms with Crippen molar-refractivity contribution >= 4 is 22.1 Å². The first-order valence-corrected chi connectivity index (χ1v) is 7.48. The Labute approximate surface area is 117 Å². The van der Waals surface area contributed by atoms with E-state index in [2.05, 4.69) is 4.72 Å². The molecule has 110 valence electrons. The molecule has 20 heavy (non-hydrogen) atoms. The highest BCUT2D eigenvalue weighted by Gasteiger charge is 2.16. The molecule has 1 aromatic rings. The van der Waals surface area contributed by atoms with Gasteiger partial charge in [-0.2, -0.15) is 0 Å². The lowest BCUT2D eigenvalue weighted by Gasteiger charge is -2.12. The topological polar surface area (TPSA) is 104 Å². The molecule has 0 aliphatic heterocycles. The average Bonchev–Trinajstić information content (AvgIpc) is 2.36. The Hall–Kier alpha value is -1.70. The number of benzene rings is 1. The van der Waals surface area contributed by atoms with Crippen LogP contribution in [0.4, 0.5) is 0 Å². The van der Waals surface area contributed by atoms with Gasteiger partial charge in [0.1, 0.15) is 0 Å². The lowest BCUT2D eigenvalue weighted by Crippen LogP contribution is -2.33. The Morgan fingerprint density at radius 3 is 2.45 bits per heavy atom. The normalized spacial score (nSPS) is 13.5. The monoisotopic (exact) mass is 299 g/mol. The van der Waals surface area contributed by atoms with Gasteiger partial charge in [0.15, 0.2) is 0 Å². The van der Waals surface area contributed by atoms with Crippen molar-refractivity contribution in [2.45, 2.75) is 24.3 Å². The number of nitrogens with one attached hydrogen (secondary N) is 1. The van der Waals surface area contributed by atoms with E-state index in [9.17, 15) is 13.2 Å². The largest absolute Gasteiger partial charge is 0.478 e. The minimum absolute atomic E-state index is 0.0924. The van der Waals surface area contributed by atoms with Crippen LogP contribution in [0.25, 0.3) is 6.08 Å². The van der Waals surface area contributed by atoms with Crippen LogP contribution in [0.15, 0.2) is 35.2 Å². The molecule has 0 radical (unpaired) electrons. The molecule has 0 saturated carbocycles. The summed E-state index contributed by atoms with van der Waals surface area (Å²) in [6.45, 7) is 1.57. The molecule has 7 heteroatoms. The molecule has 0 aromatic heterocycles. The third kappa shape index (κ3) is 5.12. The zero-order valence-corrected chi connectivity index (χ0v) is 11.8. The highest BCUT2D eigenvalue weighted by Crippen LogP contribution is 2.12. The summed E-state index contributed by atoms with van der Waals surface area (Å²) >= 11 is 0. The van der Waals surface area contributed by atoms with Gasteiger partial charge in [0, 0.05) is 18.7 Å². The smallest absolute Gasteiger partial charge is 0.328 e. The first-order valence-electron chi connectivity index (χ1n) is 5.99. The summed E-state index contributed by atoms with van der Waals surface area (Å²) in [5.41, 5.74) is 0.592. The highest BCUT2D eigenvalue weighted by atomic mass is 32.2. The van der Waals surface area contributed by atoms with Crippen molar-refractivity contribution in [1.82, 2.24) is 4.72 Å². The minimum Gasteiger partial charge on any atom is -0.478 e. The predicted octanol–water partition coefficient (Wildman–Crippen LogP) is 0.834. The van der Waals surface area contributed by atoms with Crippen molar-refractivity contribution in [2.24, 2.45) is 0 Å². The SMILES string of the molecule is CC(CCO)NS(=O)(=O)c1ccc(/C=C/C(=O)O)cc1. The van der Waals surface area contributed by atoms with Gasteiger partial charge < -0.3 is 10.2 Å². The lowest BCUT2D eigenvalue weighted by atomic mass is 10.2. The molecule has 0 heterocycles. The number of aliphatic carboxylic acids is 1. The molecule has 0 aliphatic rings. The lowest BCUT2D eigenvalue weighted by molar-refractivity contribution is -0.131. The van der Waals surface area contributed by atoms with Crippen LogP contribution in [0.5, 0.6) is 0 Å². The third-order valence-corrected chi connectivity index (χ3v) is 4.13. The van der Waals surface area contributed by atoms with Crippen LogP contribution in [0.2, 0.25) is 0 Å². The second-order valence-electron chi connectivity index (χ2n) is 4.28. The molecule has 1 unspecified atom stereocenters. The maximum Gasteiger partial charge on any atom is 0.328 e. The Morgan fingerprint density at radius 1 is 1.35 bits per heavy atom. The van der Waals surface area contributed by atoms with Gasteiger partial charge in [-0.25, -0.2) is 17.9 Å². The number of carbonyl (C=O) groups is 1. The number of hydrogen-bond donors (Lipinski definition) is 3. The number of carboxylic acid groups (broad SMARTS) is 1. The fraction of sp³-hybridized carbons (Fsp3) is 0.308. The van der Waals surface area contributed by atoms with Crippen LogP contribution >= 0.6 is 0 Å². The fourth-order valence-corrected chi connectivity index (χ4v) is 2.79. The summed E-state index contributed by atoms with van der Waals surface area (Å²) in [6.07, 6.45) is 2.68. The summed E-state index contributed by atoms with van der Waals surface area (Å²) in [6, 6.07) is 5.47. The van der Waals surface area contributed by atoms with E-state index in [0.717, 1.165) is 6.08 Å². The first-order chi connectivity index (χ1) is 9.35. The molecule has 1 atom stereocenters. The summed E-state index contributed by atoms with van der Waals surface area (Å²) in [5, 5.41) is 17.2. The van der Waals surface area contributed by atoms with E-state index in [1.54, 1.807) is 6.92 Å². The molecule has 0 spiro atoms. The van der Waals surface area contributed by atoms with Gasteiger partial charge in [-0.05, 0) is 37.1 Å². The highest BCUT2D eigenvalue weighted by molar-refractivity contribution is 7.89. The summed E-state index contributed by atoms with van der Waals surface area (Å²) in [7, 11) is -3.63.